The van der Waals surface area contributed by atoms with Gasteiger partial charge in [0.2, 0.25) is 15.9 Å². The van der Waals surface area contributed by atoms with Gasteiger partial charge in [0, 0.05) is 44.6 Å². The average Bonchev–Trinajstić information content (AvgIpc) is 3.24. The van der Waals surface area contributed by atoms with Crippen LogP contribution in [0.3, 0.4) is 0 Å². The largest absolute Gasteiger partial charge is 0.495 e. The Morgan fingerprint density at radius 3 is 2.56 bits per heavy atom. The molecule has 0 saturated carbocycles. The Morgan fingerprint density at radius 2 is 1.96 bits per heavy atom. The monoisotopic (exact) mass is 397 g/mol. The first kappa shape index (κ1) is 20.1. The number of sulfonamides is 1. The fraction of sp³-hybridized carbons (Fsp3) is 0.611. The van der Waals surface area contributed by atoms with Crippen LogP contribution >= 0.6 is 0 Å². The molecular formula is C18H27N3O5S. The molecular weight excluding hydrogens is 370 g/mol. The molecule has 1 aromatic carbocycles. The second-order valence-corrected chi connectivity index (χ2v) is 8.93. The molecule has 0 aliphatic carbocycles. The van der Waals surface area contributed by atoms with Gasteiger partial charge in [-0.3, -0.25) is 4.79 Å². The molecule has 2 saturated heterocycles. The van der Waals surface area contributed by atoms with Crippen molar-refractivity contribution in [2.45, 2.75) is 30.6 Å². The van der Waals surface area contributed by atoms with Crippen molar-refractivity contribution in [2.75, 3.05) is 45.3 Å². The molecule has 2 heterocycles. The molecule has 0 unspecified atom stereocenters. The van der Waals surface area contributed by atoms with Crippen LogP contribution in [-0.2, 0) is 19.6 Å². The van der Waals surface area contributed by atoms with E-state index >= 15 is 0 Å². The van der Waals surface area contributed by atoms with Gasteiger partial charge in [-0.25, -0.2) is 8.42 Å². The number of hydrogen-bond acceptors (Lipinski definition) is 6. The van der Waals surface area contributed by atoms with Crippen molar-refractivity contribution >= 4 is 21.6 Å². The van der Waals surface area contributed by atoms with Gasteiger partial charge in [-0.2, -0.15) is 4.31 Å². The molecule has 0 atom stereocenters. The maximum atomic E-state index is 12.8. The zero-order chi connectivity index (χ0) is 19.5. The molecule has 2 aliphatic heterocycles. The maximum absolute atomic E-state index is 12.8. The van der Waals surface area contributed by atoms with Crippen molar-refractivity contribution in [1.29, 1.82) is 0 Å². The molecule has 3 rings (SSSR count). The van der Waals surface area contributed by atoms with Gasteiger partial charge in [-0.15, -0.1) is 0 Å². The summed E-state index contributed by atoms with van der Waals surface area (Å²) in [6.45, 7) is 2.28. The van der Waals surface area contributed by atoms with E-state index in [9.17, 15) is 13.2 Å². The molecule has 0 aromatic heterocycles. The Hall–Kier alpha value is -1.68. The van der Waals surface area contributed by atoms with Crippen molar-refractivity contribution in [3.63, 3.8) is 0 Å². The summed E-state index contributed by atoms with van der Waals surface area (Å²) >= 11 is 0. The predicted octanol–water partition coefficient (Wildman–Crippen LogP) is 1.17. The van der Waals surface area contributed by atoms with Crippen LogP contribution in [-0.4, -0.2) is 58.6 Å². The highest BCUT2D eigenvalue weighted by Crippen LogP contribution is 2.34. The van der Waals surface area contributed by atoms with Crippen LogP contribution in [0.4, 0.5) is 5.69 Å². The van der Waals surface area contributed by atoms with E-state index in [0.29, 0.717) is 44.8 Å². The van der Waals surface area contributed by atoms with Crippen molar-refractivity contribution in [3.8, 4) is 5.75 Å². The van der Waals surface area contributed by atoms with Gasteiger partial charge in [0.25, 0.3) is 0 Å². The molecule has 27 heavy (non-hydrogen) atoms. The third-order valence-electron chi connectivity index (χ3n) is 5.43. The first-order valence-corrected chi connectivity index (χ1v) is 10.6. The summed E-state index contributed by atoms with van der Waals surface area (Å²) in [4.78, 5) is 12.9. The lowest BCUT2D eigenvalue weighted by Crippen LogP contribution is -2.46. The van der Waals surface area contributed by atoms with Crippen LogP contribution in [0.1, 0.15) is 25.7 Å². The molecule has 0 radical (unpaired) electrons. The lowest BCUT2D eigenvalue weighted by atomic mass is 9.79. The number of nitrogens with two attached hydrogens (primary N) is 1. The normalized spacial score (nSPS) is 20.4. The van der Waals surface area contributed by atoms with E-state index in [-0.39, 0.29) is 23.1 Å². The Labute approximate surface area is 160 Å². The zero-order valence-electron chi connectivity index (χ0n) is 15.6. The van der Waals surface area contributed by atoms with E-state index < -0.39 is 15.4 Å². The summed E-state index contributed by atoms with van der Waals surface area (Å²) in [5.41, 5.74) is 5.70. The number of carbonyl (C=O) groups excluding carboxylic acids is 1. The number of anilines is 1. The van der Waals surface area contributed by atoms with E-state index in [1.165, 1.54) is 17.5 Å². The predicted molar refractivity (Wildman–Crippen MR) is 101 cm³/mol. The highest BCUT2D eigenvalue weighted by atomic mass is 32.2. The van der Waals surface area contributed by atoms with Crippen molar-refractivity contribution < 1.29 is 22.7 Å². The van der Waals surface area contributed by atoms with E-state index in [0.717, 1.165) is 12.8 Å². The van der Waals surface area contributed by atoms with E-state index in [2.05, 4.69) is 5.32 Å². The zero-order valence-corrected chi connectivity index (χ0v) is 16.4. The third-order valence-corrected chi connectivity index (χ3v) is 7.36. The van der Waals surface area contributed by atoms with E-state index in [1.807, 2.05) is 0 Å². The molecule has 3 N–H and O–H groups in total. The Kier molecular flexibility index (Phi) is 6.05. The molecule has 150 valence electrons. The molecule has 2 fully saturated rings. The molecule has 9 heteroatoms. The molecule has 0 spiro atoms. The van der Waals surface area contributed by atoms with Crippen LogP contribution < -0.4 is 15.8 Å². The minimum atomic E-state index is -3.60. The molecule has 8 nitrogen and oxygen atoms in total. The summed E-state index contributed by atoms with van der Waals surface area (Å²) in [5, 5.41) is 2.86. The number of benzene rings is 1. The fourth-order valence-electron chi connectivity index (χ4n) is 3.58. The van der Waals surface area contributed by atoms with Gasteiger partial charge in [0.15, 0.2) is 0 Å². The van der Waals surface area contributed by atoms with Crippen molar-refractivity contribution in [1.82, 2.24) is 4.31 Å². The number of amides is 1. The smallest absolute Gasteiger partial charge is 0.246 e. The molecule has 1 aromatic rings. The summed E-state index contributed by atoms with van der Waals surface area (Å²) in [7, 11) is -2.18. The third kappa shape index (κ3) is 3.96. The minimum Gasteiger partial charge on any atom is -0.495 e. The second kappa shape index (κ2) is 8.14. The quantitative estimate of drug-likeness (QED) is 0.746. The number of nitrogens with zero attached hydrogens (tertiary/aromatic N) is 1. The Balaban J connectivity index is 1.83. The van der Waals surface area contributed by atoms with Crippen LogP contribution in [0.15, 0.2) is 23.1 Å². The molecule has 1 amide bonds. The van der Waals surface area contributed by atoms with Gasteiger partial charge in [0.05, 0.1) is 12.5 Å². The minimum absolute atomic E-state index is 0.115. The van der Waals surface area contributed by atoms with Gasteiger partial charge in [0.1, 0.15) is 10.6 Å². The van der Waals surface area contributed by atoms with E-state index in [4.69, 9.17) is 15.2 Å². The first-order chi connectivity index (χ1) is 12.9. The highest BCUT2D eigenvalue weighted by Gasteiger charge is 2.39. The lowest BCUT2D eigenvalue weighted by Gasteiger charge is -2.34. The topological polar surface area (TPSA) is 111 Å². The summed E-state index contributed by atoms with van der Waals surface area (Å²) < 4.78 is 37.8. The van der Waals surface area contributed by atoms with Gasteiger partial charge >= 0.3 is 0 Å². The van der Waals surface area contributed by atoms with Gasteiger partial charge in [-0.1, -0.05) is 0 Å². The van der Waals surface area contributed by atoms with Gasteiger partial charge < -0.3 is 20.5 Å². The molecule has 0 bridgehead atoms. The number of hydrogen-bond donors (Lipinski definition) is 2. The summed E-state index contributed by atoms with van der Waals surface area (Å²) in [5.74, 6) is 0.0407. The number of rotatable bonds is 6. The summed E-state index contributed by atoms with van der Waals surface area (Å²) in [6.07, 6.45) is 2.85. The molecule has 2 aliphatic rings. The summed E-state index contributed by atoms with van der Waals surface area (Å²) in [6, 6.07) is 4.62. The SMILES string of the molecule is COc1cc(NC(=O)C2(CN)CCOCC2)ccc1S(=O)(=O)N1CCCC1. The number of ether oxygens (including phenoxy) is 2. The Bertz CT molecular complexity index is 784. The standard InChI is InChI=1S/C18H27N3O5S/c1-25-15-12-14(20-17(22)18(13-19)6-10-26-11-7-18)4-5-16(15)27(23,24)21-8-2-3-9-21/h4-5,12H,2-3,6-11,13,19H2,1H3,(H,20,22). The fourth-order valence-corrected chi connectivity index (χ4v) is 5.23. The van der Waals surface area contributed by atoms with Gasteiger partial charge in [-0.05, 0) is 37.8 Å². The van der Waals surface area contributed by atoms with Crippen molar-refractivity contribution in [3.05, 3.63) is 18.2 Å². The van der Waals surface area contributed by atoms with Crippen LogP contribution in [0.25, 0.3) is 0 Å². The number of carbonyl (C=O) groups is 1. The second-order valence-electron chi connectivity index (χ2n) is 7.03. The lowest BCUT2D eigenvalue weighted by molar-refractivity contribution is -0.130. The van der Waals surface area contributed by atoms with Crippen molar-refractivity contribution in [2.24, 2.45) is 11.1 Å². The Morgan fingerprint density at radius 1 is 1.30 bits per heavy atom. The van der Waals surface area contributed by atoms with Crippen LogP contribution in [0, 0.1) is 5.41 Å². The van der Waals surface area contributed by atoms with Crippen LogP contribution in [0.5, 0.6) is 5.75 Å². The maximum Gasteiger partial charge on any atom is 0.246 e. The number of nitrogens with one attached hydrogen (secondary N) is 1. The van der Waals surface area contributed by atoms with Crippen LogP contribution in [0.2, 0.25) is 0 Å². The highest BCUT2D eigenvalue weighted by molar-refractivity contribution is 7.89. The average molecular weight is 397 g/mol. The first-order valence-electron chi connectivity index (χ1n) is 9.20. The van der Waals surface area contributed by atoms with E-state index in [1.54, 1.807) is 12.1 Å². The number of methoxy groups -OCH3 is 1.